The molecule has 0 aliphatic carbocycles. The molecule has 3 aromatic rings. The van der Waals surface area contributed by atoms with E-state index in [1.807, 2.05) is 0 Å². The predicted octanol–water partition coefficient (Wildman–Crippen LogP) is 5.57. The highest BCUT2D eigenvalue weighted by atomic mass is 32.3. The Morgan fingerprint density at radius 3 is 1.18 bits per heavy atom. The number of hydrogen-bond donors (Lipinski definition) is 0. The van der Waals surface area contributed by atoms with Crippen LogP contribution in [0.5, 0.6) is 0 Å². The summed E-state index contributed by atoms with van der Waals surface area (Å²) in [6.07, 6.45) is 0. The topological polar surface area (TPSA) is 9.23 Å². The molecule has 0 atom stereocenters. The first kappa shape index (κ1) is 14.9. The summed E-state index contributed by atoms with van der Waals surface area (Å²) >= 11 is 0. The van der Waals surface area contributed by atoms with E-state index in [-0.39, 0.29) is 0 Å². The van der Waals surface area contributed by atoms with E-state index >= 15 is 0 Å². The molecule has 0 saturated heterocycles. The van der Waals surface area contributed by atoms with Gasteiger partial charge in [0, 0.05) is 21.8 Å². The lowest BCUT2D eigenvalue weighted by Crippen LogP contribution is -2.09. The second-order valence-corrected chi connectivity index (χ2v) is 8.21. The van der Waals surface area contributed by atoms with Gasteiger partial charge in [0.15, 0.2) is 0 Å². The zero-order valence-electron chi connectivity index (χ0n) is 12.7. The van der Waals surface area contributed by atoms with Gasteiger partial charge in [0.05, 0.1) is 5.94 Å². The zero-order chi connectivity index (χ0) is 15.3. The lowest BCUT2D eigenvalue weighted by molar-refractivity contribution is 0.255. The van der Waals surface area contributed by atoms with E-state index in [2.05, 4.69) is 91.0 Å². The minimum absolute atomic E-state index is 0.686. The van der Waals surface area contributed by atoms with Crippen LogP contribution in [0.3, 0.4) is 0 Å². The molecule has 0 aliphatic heterocycles. The monoisotopic (exact) mass is 308 g/mol. The molecule has 0 N–H and O–H groups in total. The molecule has 1 nitrogen and oxygen atoms in total. The van der Waals surface area contributed by atoms with Gasteiger partial charge >= 0.3 is 0 Å². The first-order valence-electron chi connectivity index (χ1n) is 7.33. The molecular formula is C20H20OS. The molecule has 0 heterocycles. The van der Waals surface area contributed by atoms with Crippen molar-refractivity contribution >= 4 is 10.0 Å². The highest BCUT2D eigenvalue weighted by molar-refractivity contribution is 8.33. The fraction of sp³-hybridized carbons (Fsp3) is 0.100. The quantitative estimate of drug-likeness (QED) is 0.598. The number of benzene rings is 3. The first-order chi connectivity index (χ1) is 10.9. The second kappa shape index (κ2) is 6.82. The summed E-state index contributed by atoms with van der Waals surface area (Å²) in [4.78, 5) is 3.98. The number of hydrogen-bond acceptors (Lipinski definition) is 1. The van der Waals surface area contributed by atoms with Crippen molar-refractivity contribution in [1.29, 1.82) is 0 Å². The van der Waals surface area contributed by atoms with E-state index in [9.17, 15) is 0 Å². The van der Waals surface area contributed by atoms with E-state index in [1.54, 1.807) is 7.11 Å². The Bertz CT molecular complexity index is 599. The molecule has 3 aromatic carbocycles. The summed E-state index contributed by atoms with van der Waals surface area (Å²) in [6, 6.07) is 32.2. The Morgan fingerprint density at radius 1 is 0.591 bits per heavy atom. The van der Waals surface area contributed by atoms with Crippen LogP contribution in [-0.4, -0.2) is 13.0 Å². The molecule has 0 amide bonds. The van der Waals surface area contributed by atoms with E-state index < -0.39 is 10.0 Å². The summed E-state index contributed by atoms with van der Waals surface area (Å²) in [5.74, 6) is 0.686. The minimum Gasteiger partial charge on any atom is -0.375 e. The van der Waals surface area contributed by atoms with Gasteiger partial charge in [-0.15, -0.1) is 10.0 Å². The van der Waals surface area contributed by atoms with Crippen LogP contribution in [0, 0.1) is 0 Å². The van der Waals surface area contributed by atoms with Crippen LogP contribution in [0.25, 0.3) is 0 Å². The molecule has 0 fully saturated rings. The van der Waals surface area contributed by atoms with Crippen LogP contribution in [-0.2, 0) is 4.74 Å². The van der Waals surface area contributed by atoms with Crippen LogP contribution in [0.2, 0.25) is 0 Å². The summed E-state index contributed by atoms with van der Waals surface area (Å²) < 4.78 is 5.71. The van der Waals surface area contributed by atoms with Crippen molar-refractivity contribution in [2.24, 2.45) is 0 Å². The Labute approximate surface area is 133 Å². The molecule has 2 heteroatoms. The smallest absolute Gasteiger partial charge is 0.0878 e. The Balaban J connectivity index is 2.29. The number of ether oxygens (including phenoxy) is 1. The highest BCUT2D eigenvalue weighted by Gasteiger charge is 2.30. The maximum Gasteiger partial charge on any atom is 0.0878 e. The van der Waals surface area contributed by atoms with E-state index in [0.29, 0.717) is 5.94 Å². The fourth-order valence-electron chi connectivity index (χ4n) is 2.75. The molecule has 22 heavy (non-hydrogen) atoms. The van der Waals surface area contributed by atoms with Gasteiger partial charge in [-0.3, -0.25) is 0 Å². The Morgan fingerprint density at radius 2 is 0.909 bits per heavy atom. The SMILES string of the molecule is COCS(c1ccccc1)(c1ccccc1)c1ccccc1. The molecule has 0 bridgehead atoms. The van der Waals surface area contributed by atoms with Crippen molar-refractivity contribution in [2.75, 3.05) is 13.0 Å². The summed E-state index contributed by atoms with van der Waals surface area (Å²) in [7, 11) is 0.383. The Hall–Kier alpha value is -2.03. The third kappa shape index (κ3) is 2.68. The summed E-state index contributed by atoms with van der Waals surface area (Å²) in [5.41, 5.74) is 0. The lowest BCUT2D eigenvalue weighted by atomic mass is 10.4. The molecular weight excluding hydrogens is 288 g/mol. The van der Waals surface area contributed by atoms with Gasteiger partial charge in [-0.25, -0.2) is 0 Å². The Kier molecular flexibility index (Phi) is 4.62. The van der Waals surface area contributed by atoms with Crippen LogP contribution in [0.4, 0.5) is 0 Å². The van der Waals surface area contributed by atoms with Crippen molar-refractivity contribution < 1.29 is 4.74 Å². The van der Waals surface area contributed by atoms with Gasteiger partial charge in [0.2, 0.25) is 0 Å². The van der Waals surface area contributed by atoms with Gasteiger partial charge in [0.25, 0.3) is 0 Å². The van der Waals surface area contributed by atoms with Crippen molar-refractivity contribution in [1.82, 2.24) is 0 Å². The summed E-state index contributed by atoms with van der Waals surface area (Å²) in [5, 5.41) is 0. The minimum atomic E-state index is -1.40. The van der Waals surface area contributed by atoms with Crippen LogP contribution < -0.4 is 0 Å². The molecule has 3 rings (SSSR count). The predicted molar refractivity (Wildman–Crippen MR) is 93.6 cm³/mol. The maximum absolute atomic E-state index is 5.71. The molecule has 0 spiro atoms. The molecule has 112 valence electrons. The standard InChI is InChI=1S/C20H20OS/c1-21-17-22(18-11-5-2-6-12-18,19-13-7-3-8-14-19)20-15-9-4-10-16-20/h2-16H,17H2,1H3. The molecule has 0 radical (unpaired) electrons. The normalized spacial score (nSPS) is 12.0. The average molecular weight is 308 g/mol. The van der Waals surface area contributed by atoms with Crippen LogP contribution in [0.15, 0.2) is 106 Å². The second-order valence-electron chi connectivity index (χ2n) is 5.08. The number of methoxy groups -OCH3 is 1. The van der Waals surface area contributed by atoms with Gasteiger partial charge in [-0.05, 0) is 36.4 Å². The van der Waals surface area contributed by atoms with Gasteiger partial charge < -0.3 is 4.74 Å². The van der Waals surface area contributed by atoms with Crippen molar-refractivity contribution in [3.05, 3.63) is 91.0 Å². The molecule has 0 aliphatic rings. The fourth-order valence-corrected chi connectivity index (χ4v) is 6.19. The highest BCUT2D eigenvalue weighted by Crippen LogP contribution is 2.67. The first-order valence-corrected chi connectivity index (χ1v) is 9.13. The zero-order valence-corrected chi connectivity index (χ0v) is 13.5. The van der Waals surface area contributed by atoms with E-state index in [4.69, 9.17) is 4.74 Å². The summed E-state index contributed by atoms with van der Waals surface area (Å²) in [6.45, 7) is 0. The number of rotatable bonds is 5. The third-order valence-corrected chi connectivity index (χ3v) is 7.55. The van der Waals surface area contributed by atoms with Crippen molar-refractivity contribution in [2.45, 2.75) is 14.7 Å². The molecule has 0 aromatic heterocycles. The largest absolute Gasteiger partial charge is 0.375 e. The lowest BCUT2D eigenvalue weighted by Gasteiger charge is -2.40. The maximum atomic E-state index is 5.71. The van der Waals surface area contributed by atoms with Gasteiger partial charge in [-0.2, -0.15) is 0 Å². The van der Waals surface area contributed by atoms with E-state index in [0.717, 1.165) is 0 Å². The third-order valence-electron chi connectivity index (χ3n) is 3.73. The van der Waals surface area contributed by atoms with Gasteiger partial charge in [-0.1, -0.05) is 54.6 Å². The van der Waals surface area contributed by atoms with E-state index in [1.165, 1.54) is 14.7 Å². The molecule has 0 unspecified atom stereocenters. The van der Waals surface area contributed by atoms with Gasteiger partial charge in [0.1, 0.15) is 0 Å². The van der Waals surface area contributed by atoms with Crippen molar-refractivity contribution in [3.8, 4) is 0 Å². The van der Waals surface area contributed by atoms with Crippen LogP contribution >= 0.6 is 10.0 Å². The average Bonchev–Trinajstić information content (AvgIpc) is 2.62. The van der Waals surface area contributed by atoms with Crippen molar-refractivity contribution in [3.63, 3.8) is 0 Å². The van der Waals surface area contributed by atoms with Crippen LogP contribution in [0.1, 0.15) is 0 Å². The molecule has 0 saturated carbocycles.